The molecule has 1 saturated heterocycles. The lowest BCUT2D eigenvalue weighted by atomic mass is 9.82. The molecular weight excluding hydrogens is 304 g/mol. The van der Waals surface area contributed by atoms with Crippen molar-refractivity contribution < 1.29 is 0 Å². The molecule has 2 bridgehead atoms. The number of nitrogens with zero attached hydrogens (tertiary/aromatic N) is 2. The van der Waals surface area contributed by atoms with Crippen molar-refractivity contribution in [2.75, 3.05) is 0 Å². The summed E-state index contributed by atoms with van der Waals surface area (Å²) in [4.78, 5) is 2.70. The van der Waals surface area contributed by atoms with Crippen LogP contribution in [0.3, 0.4) is 0 Å². The maximum absolute atomic E-state index is 8.83. The first-order valence-electron chi connectivity index (χ1n) is 9.30. The highest BCUT2D eigenvalue weighted by atomic mass is 15.2. The van der Waals surface area contributed by atoms with Crippen LogP contribution in [0.25, 0.3) is 5.57 Å². The molecule has 2 aromatic rings. The Hall–Kier alpha value is -2.37. The summed E-state index contributed by atoms with van der Waals surface area (Å²) in [6.45, 7) is 1.06. The number of benzene rings is 2. The Bertz CT molecular complexity index is 783. The molecule has 2 aromatic carbocycles. The zero-order valence-electron chi connectivity index (χ0n) is 14.6. The van der Waals surface area contributed by atoms with Crippen molar-refractivity contribution in [2.24, 2.45) is 0 Å². The number of hydrogen-bond acceptors (Lipinski definition) is 2. The lowest BCUT2D eigenvalue weighted by molar-refractivity contribution is 0.0951. The molecule has 2 unspecified atom stereocenters. The highest BCUT2D eigenvalue weighted by Gasteiger charge is 2.33. The molecule has 1 fully saturated rings. The summed E-state index contributed by atoms with van der Waals surface area (Å²) in [5.74, 6) is 0. The number of nitriles is 1. The van der Waals surface area contributed by atoms with Crippen LogP contribution < -0.4 is 0 Å². The van der Waals surface area contributed by atoms with Crippen LogP contribution in [0, 0.1) is 11.3 Å². The fourth-order valence-corrected chi connectivity index (χ4v) is 4.30. The molecule has 0 aliphatic carbocycles. The van der Waals surface area contributed by atoms with Gasteiger partial charge in [0.2, 0.25) is 0 Å². The SMILES string of the molecule is N#CCc1ccc(C2=CC3CCCC(C2)N3Cc2ccccc2)cc1. The Kier molecular flexibility index (Phi) is 4.68. The van der Waals surface area contributed by atoms with Crippen molar-refractivity contribution in [3.8, 4) is 6.07 Å². The monoisotopic (exact) mass is 328 g/mol. The minimum absolute atomic E-state index is 0.495. The molecule has 0 N–H and O–H groups in total. The largest absolute Gasteiger partial charge is 0.289 e. The molecule has 126 valence electrons. The molecular formula is C23H24N2. The third-order valence-electron chi connectivity index (χ3n) is 5.60. The van der Waals surface area contributed by atoms with Crippen molar-refractivity contribution >= 4 is 5.57 Å². The third kappa shape index (κ3) is 3.52. The second kappa shape index (κ2) is 7.25. The summed E-state index contributed by atoms with van der Waals surface area (Å²) in [7, 11) is 0. The van der Waals surface area contributed by atoms with Gasteiger partial charge < -0.3 is 0 Å². The Morgan fingerprint density at radius 1 is 0.960 bits per heavy atom. The molecule has 2 heteroatoms. The molecule has 4 rings (SSSR count). The second-order valence-corrected chi connectivity index (χ2v) is 7.24. The van der Waals surface area contributed by atoms with Gasteiger partial charge in [-0.05, 0) is 41.5 Å². The van der Waals surface area contributed by atoms with E-state index in [2.05, 4.69) is 71.6 Å². The number of fused-ring (bicyclic) bond motifs is 2. The number of piperidine rings is 1. The van der Waals surface area contributed by atoms with Crippen LogP contribution in [0.4, 0.5) is 0 Å². The molecule has 2 heterocycles. The number of rotatable bonds is 4. The van der Waals surface area contributed by atoms with Gasteiger partial charge >= 0.3 is 0 Å². The average Bonchev–Trinajstić information content (AvgIpc) is 2.63. The van der Waals surface area contributed by atoms with Gasteiger partial charge in [-0.3, -0.25) is 4.90 Å². The van der Waals surface area contributed by atoms with E-state index in [1.54, 1.807) is 0 Å². The fraction of sp³-hybridized carbons (Fsp3) is 0.348. The van der Waals surface area contributed by atoms with Crippen LogP contribution in [0.2, 0.25) is 0 Å². The summed E-state index contributed by atoms with van der Waals surface area (Å²) >= 11 is 0. The van der Waals surface area contributed by atoms with E-state index in [0.717, 1.165) is 18.5 Å². The van der Waals surface area contributed by atoms with Gasteiger partial charge in [-0.15, -0.1) is 0 Å². The quantitative estimate of drug-likeness (QED) is 0.793. The molecule has 0 saturated carbocycles. The molecule has 0 amide bonds. The van der Waals surface area contributed by atoms with Crippen LogP contribution in [-0.2, 0) is 13.0 Å². The normalized spacial score (nSPS) is 22.9. The Morgan fingerprint density at radius 3 is 2.48 bits per heavy atom. The van der Waals surface area contributed by atoms with Crippen LogP contribution in [0.15, 0.2) is 60.7 Å². The summed E-state index contributed by atoms with van der Waals surface area (Å²) < 4.78 is 0. The van der Waals surface area contributed by atoms with Crippen molar-refractivity contribution in [2.45, 2.75) is 50.7 Å². The first-order chi connectivity index (χ1) is 12.3. The summed E-state index contributed by atoms with van der Waals surface area (Å²) in [5.41, 5.74) is 5.34. The predicted octanol–water partition coefficient (Wildman–Crippen LogP) is 4.96. The zero-order chi connectivity index (χ0) is 17.1. The first-order valence-corrected chi connectivity index (χ1v) is 9.30. The first kappa shape index (κ1) is 16.1. The molecule has 0 radical (unpaired) electrons. The second-order valence-electron chi connectivity index (χ2n) is 7.24. The topological polar surface area (TPSA) is 27.0 Å². The average molecular weight is 328 g/mol. The lowest BCUT2D eigenvalue weighted by Crippen LogP contribution is -2.47. The predicted molar refractivity (Wildman–Crippen MR) is 102 cm³/mol. The van der Waals surface area contributed by atoms with Gasteiger partial charge in [-0.1, -0.05) is 67.1 Å². The van der Waals surface area contributed by atoms with Crippen molar-refractivity contribution in [1.29, 1.82) is 5.26 Å². The van der Waals surface area contributed by atoms with Crippen molar-refractivity contribution in [1.82, 2.24) is 4.90 Å². The molecule has 0 spiro atoms. The number of hydrogen-bond donors (Lipinski definition) is 0. The standard InChI is InChI=1S/C23H24N2/c24-14-13-18-9-11-20(12-10-18)21-15-22-7-4-8-23(16-21)25(22)17-19-5-2-1-3-6-19/h1-3,5-6,9-12,15,22-23H,4,7-8,13,16-17H2. The van der Waals surface area contributed by atoms with Crippen LogP contribution in [0.5, 0.6) is 0 Å². The van der Waals surface area contributed by atoms with Crippen LogP contribution in [0.1, 0.15) is 42.4 Å². The van der Waals surface area contributed by atoms with E-state index in [4.69, 9.17) is 5.26 Å². The molecule has 2 atom stereocenters. The molecule has 2 nitrogen and oxygen atoms in total. The Morgan fingerprint density at radius 2 is 1.76 bits per heavy atom. The van der Waals surface area contributed by atoms with Gasteiger partial charge in [0.1, 0.15) is 0 Å². The van der Waals surface area contributed by atoms with Gasteiger partial charge in [-0.2, -0.15) is 5.26 Å². The fourth-order valence-electron chi connectivity index (χ4n) is 4.30. The van der Waals surface area contributed by atoms with Gasteiger partial charge in [0.25, 0.3) is 0 Å². The third-order valence-corrected chi connectivity index (χ3v) is 5.60. The van der Waals surface area contributed by atoms with E-state index in [1.807, 2.05) is 0 Å². The van der Waals surface area contributed by atoms with Crippen molar-refractivity contribution in [3.05, 3.63) is 77.4 Å². The maximum Gasteiger partial charge on any atom is 0.0669 e. The Balaban J connectivity index is 1.55. The van der Waals surface area contributed by atoms with E-state index in [9.17, 15) is 0 Å². The van der Waals surface area contributed by atoms with E-state index in [1.165, 1.54) is 36.0 Å². The minimum Gasteiger partial charge on any atom is -0.289 e. The van der Waals surface area contributed by atoms with E-state index in [-0.39, 0.29) is 0 Å². The molecule has 2 aliphatic rings. The van der Waals surface area contributed by atoms with E-state index >= 15 is 0 Å². The molecule has 0 aromatic heterocycles. The zero-order valence-corrected chi connectivity index (χ0v) is 14.6. The Labute approximate surface area is 150 Å². The summed E-state index contributed by atoms with van der Waals surface area (Å²) in [5, 5.41) is 8.83. The molecule has 2 aliphatic heterocycles. The molecule has 25 heavy (non-hydrogen) atoms. The minimum atomic E-state index is 0.495. The van der Waals surface area contributed by atoms with E-state index in [0.29, 0.717) is 18.5 Å². The smallest absolute Gasteiger partial charge is 0.0669 e. The summed E-state index contributed by atoms with van der Waals surface area (Å²) in [6, 6.07) is 22.9. The lowest BCUT2D eigenvalue weighted by Gasteiger charge is -2.45. The van der Waals surface area contributed by atoms with E-state index < -0.39 is 0 Å². The highest BCUT2D eigenvalue weighted by Crippen LogP contribution is 2.37. The van der Waals surface area contributed by atoms with Crippen LogP contribution in [-0.4, -0.2) is 17.0 Å². The van der Waals surface area contributed by atoms with Crippen molar-refractivity contribution in [3.63, 3.8) is 0 Å². The highest BCUT2D eigenvalue weighted by molar-refractivity contribution is 5.68. The maximum atomic E-state index is 8.83. The van der Waals surface area contributed by atoms with Crippen LogP contribution >= 0.6 is 0 Å². The van der Waals surface area contributed by atoms with Gasteiger partial charge in [0, 0.05) is 18.6 Å². The van der Waals surface area contributed by atoms with Gasteiger partial charge in [0.15, 0.2) is 0 Å². The van der Waals surface area contributed by atoms with Gasteiger partial charge in [0.05, 0.1) is 12.5 Å². The summed E-state index contributed by atoms with van der Waals surface area (Å²) in [6.07, 6.45) is 8.03. The van der Waals surface area contributed by atoms with Gasteiger partial charge in [-0.25, -0.2) is 0 Å².